The van der Waals surface area contributed by atoms with E-state index in [0.717, 1.165) is 29.6 Å². The van der Waals surface area contributed by atoms with Crippen LogP contribution in [0.15, 0.2) is 30.5 Å². The summed E-state index contributed by atoms with van der Waals surface area (Å²) >= 11 is 0. The standard InChI is InChI=1S/C16H23N3O2/c1-12(2)21-15-7-5-14(6-8-15)19-11-13(3)18-16(19)17-9-10-20-4/h5-8,11-12H,9-10H2,1-4H3,(H,17,18). The number of aromatic nitrogens is 2. The number of imidazole rings is 1. The first-order valence-electron chi connectivity index (χ1n) is 7.16. The smallest absolute Gasteiger partial charge is 0.207 e. The monoisotopic (exact) mass is 289 g/mol. The van der Waals surface area contributed by atoms with Gasteiger partial charge in [0.05, 0.1) is 18.4 Å². The second-order valence-electron chi connectivity index (χ2n) is 5.16. The fraction of sp³-hybridized carbons (Fsp3) is 0.438. The Hall–Kier alpha value is -2.01. The van der Waals surface area contributed by atoms with Gasteiger partial charge in [0.25, 0.3) is 0 Å². The molecule has 2 aromatic rings. The van der Waals surface area contributed by atoms with E-state index in [1.165, 1.54) is 0 Å². The van der Waals surface area contributed by atoms with Gasteiger partial charge in [-0.15, -0.1) is 0 Å². The number of anilines is 1. The third-order valence-electron chi connectivity index (χ3n) is 2.90. The second-order valence-corrected chi connectivity index (χ2v) is 5.16. The zero-order valence-electron chi connectivity index (χ0n) is 13.1. The normalized spacial score (nSPS) is 10.9. The van der Waals surface area contributed by atoms with Gasteiger partial charge in [0.2, 0.25) is 5.95 Å². The Labute approximate surface area is 125 Å². The maximum Gasteiger partial charge on any atom is 0.207 e. The van der Waals surface area contributed by atoms with Crippen LogP contribution in [0.2, 0.25) is 0 Å². The summed E-state index contributed by atoms with van der Waals surface area (Å²) in [6, 6.07) is 8.01. The summed E-state index contributed by atoms with van der Waals surface area (Å²) in [5, 5.41) is 3.28. The second kappa shape index (κ2) is 7.13. The summed E-state index contributed by atoms with van der Waals surface area (Å²) in [6.07, 6.45) is 2.19. The molecule has 0 unspecified atom stereocenters. The molecule has 1 N–H and O–H groups in total. The number of methoxy groups -OCH3 is 1. The fourth-order valence-corrected chi connectivity index (χ4v) is 2.04. The van der Waals surface area contributed by atoms with E-state index in [-0.39, 0.29) is 6.10 Å². The van der Waals surface area contributed by atoms with E-state index in [9.17, 15) is 0 Å². The molecule has 0 bridgehead atoms. The molecule has 0 amide bonds. The van der Waals surface area contributed by atoms with E-state index in [1.54, 1.807) is 7.11 Å². The molecule has 0 saturated carbocycles. The largest absolute Gasteiger partial charge is 0.491 e. The van der Waals surface area contributed by atoms with Crippen molar-refractivity contribution >= 4 is 5.95 Å². The fourth-order valence-electron chi connectivity index (χ4n) is 2.04. The zero-order chi connectivity index (χ0) is 15.2. The molecule has 114 valence electrons. The number of ether oxygens (including phenoxy) is 2. The summed E-state index contributed by atoms with van der Waals surface area (Å²) in [4.78, 5) is 4.49. The Balaban J connectivity index is 2.16. The molecule has 1 heterocycles. The first kappa shape index (κ1) is 15.4. The van der Waals surface area contributed by atoms with Crippen LogP contribution in [0.3, 0.4) is 0 Å². The highest BCUT2D eigenvalue weighted by atomic mass is 16.5. The first-order valence-corrected chi connectivity index (χ1v) is 7.16. The number of nitrogens with zero attached hydrogens (tertiary/aromatic N) is 2. The average Bonchev–Trinajstić information content (AvgIpc) is 2.80. The van der Waals surface area contributed by atoms with Crippen molar-refractivity contribution in [1.29, 1.82) is 0 Å². The van der Waals surface area contributed by atoms with Crippen LogP contribution in [0.5, 0.6) is 5.75 Å². The molecule has 1 aromatic carbocycles. The highest BCUT2D eigenvalue weighted by Crippen LogP contribution is 2.20. The Morgan fingerprint density at radius 2 is 1.95 bits per heavy atom. The molecule has 0 aliphatic rings. The van der Waals surface area contributed by atoms with Crippen LogP contribution < -0.4 is 10.1 Å². The molecule has 1 aromatic heterocycles. The molecule has 0 spiro atoms. The molecule has 0 saturated heterocycles. The van der Waals surface area contributed by atoms with Crippen LogP contribution in [0, 0.1) is 6.92 Å². The lowest BCUT2D eigenvalue weighted by atomic mass is 10.3. The van der Waals surface area contributed by atoms with Crippen molar-refractivity contribution in [2.75, 3.05) is 25.6 Å². The lowest BCUT2D eigenvalue weighted by Gasteiger charge is -2.12. The summed E-state index contributed by atoms with van der Waals surface area (Å²) in [5.41, 5.74) is 2.02. The molecule has 21 heavy (non-hydrogen) atoms. The Kier molecular flexibility index (Phi) is 5.22. The van der Waals surface area contributed by atoms with Crippen LogP contribution in [0.1, 0.15) is 19.5 Å². The third-order valence-corrected chi connectivity index (χ3v) is 2.90. The molecule has 0 radical (unpaired) electrons. The van der Waals surface area contributed by atoms with E-state index >= 15 is 0 Å². The van der Waals surface area contributed by atoms with Crippen molar-refractivity contribution in [1.82, 2.24) is 9.55 Å². The van der Waals surface area contributed by atoms with E-state index < -0.39 is 0 Å². The molecule has 5 heteroatoms. The van der Waals surface area contributed by atoms with Crippen LogP contribution in [-0.4, -0.2) is 35.9 Å². The summed E-state index contributed by atoms with van der Waals surface area (Å²) in [7, 11) is 1.69. The minimum atomic E-state index is 0.178. The Morgan fingerprint density at radius 1 is 1.24 bits per heavy atom. The third kappa shape index (κ3) is 4.23. The van der Waals surface area contributed by atoms with Gasteiger partial charge < -0.3 is 14.8 Å². The summed E-state index contributed by atoms with van der Waals surface area (Å²) < 4.78 is 12.7. The van der Waals surface area contributed by atoms with Crippen LogP contribution in [-0.2, 0) is 4.74 Å². The number of aryl methyl sites for hydroxylation is 1. The molecule has 0 fully saturated rings. The van der Waals surface area contributed by atoms with Crippen molar-refractivity contribution in [3.05, 3.63) is 36.2 Å². The van der Waals surface area contributed by atoms with Crippen molar-refractivity contribution < 1.29 is 9.47 Å². The maximum absolute atomic E-state index is 5.66. The van der Waals surface area contributed by atoms with Gasteiger partial charge in [-0.1, -0.05) is 0 Å². The lowest BCUT2D eigenvalue weighted by Crippen LogP contribution is -2.11. The quantitative estimate of drug-likeness (QED) is 0.796. The van der Waals surface area contributed by atoms with Crippen molar-refractivity contribution in [3.63, 3.8) is 0 Å². The van der Waals surface area contributed by atoms with Crippen LogP contribution in [0.4, 0.5) is 5.95 Å². The van der Waals surface area contributed by atoms with E-state index in [2.05, 4.69) is 10.3 Å². The topological polar surface area (TPSA) is 48.3 Å². The van der Waals surface area contributed by atoms with E-state index in [0.29, 0.717) is 6.61 Å². The van der Waals surface area contributed by atoms with Crippen LogP contribution in [0.25, 0.3) is 5.69 Å². The van der Waals surface area contributed by atoms with Crippen molar-refractivity contribution in [2.45, 2.75) is 26.9 Å². The predicted octanol–water partition coefficient (Wildman–Crippen LogP) is 3.03. The van der Waals surface area contributed by atoms with E-state index in [1.807, 2.05) is 55.8 Å². The summed E-state index contributed by atoms with van der Waals surface area (Å²) in [6.45, 7) is 7.39. The van der Waals surface area contributed by atoms with Gasteiger partial charge in [-0.2, -0.15) is 0 Å². The Bertz CT molecular complexity index is 561. The number of hydrogen-bond acceptors (Lipinski definition) is 4. The number of benzene rings is 1. The van der Waals surface area contributed by atoms with Crippen molar-refractivity contribution in [2.24, 2.45) is 0 Å². The lowest BCUT2D eigenvalue weighted by molar-refractivity contribution is 0.210. The SMILES string of the molecule is COCCNc1nc(C)cn1-c1ccc(OC(C)C)cc1. The first-order chi connectivity index (χ1) is 10.1. The highest BCUT2D eigenvalue weighted by molar-refractivity contribution is 5.45. The number of nitrogens with one attached hydrogen (secondary N) is 1. The average molecular weight is 289 g/mol. The molecular formula is C16H23N3O2. The van der Waals surface area contributed by atoms with Crippen molar-refractivity contribution in [3.8, 4) is 11.4 Å². The molecule has 0 aliphatic heterocycles. The summed E-state index contributed by atoms with van der Waals surface area (Å²) in [5.74, 6) is 1.70. The van der Waals surface area contributed by atoms with Gasteiger partial charge in [0.1, 0.15) is 5.75 Å². The van der Waals surface area contributed by atoms with Gasteiger partial charge in [0, 0.05) is 25.5 Å². The molecule has 0 aliphatic carbocycles. The highest BCUT2D eigenvalue weighted by Gasteiger charge is 2.07. The zero-order valence-corrected chi connectivity index (χ0v) is 13.1. The van der Waals surface area contributed by atoms with Crippen LogP contribution >= 0.6 is 0 Å². The van der Waals surface area contributed by atoms with Gasteiger partial charge >= 0.3 is 0 Å². The number of hydrogen-bond donors (Lipinski definition) is 1. The predicted molar refractivity (Wildman–Crippen MR) is 84.4 cm³/mol. The number of rotatable bonds is 7. The minimum Gasteiger partial charge on any atom is -0.491 e. The Morgan fingerprint density at radius 3 is 2.57 bits per heavy atom. The van der Waals surface area contributed by atoms with Gasteiger partial charge in [0.15, 0.2) is 0 Å². The maximum atomic E-state index is 5.66. The molecule has 2 rings (SSSR count). The minimum absolute atomic E-state index is 0.178. The van der Waals surface area contributed by atoms with E-state index in [4.69, 9.17) is 9.47 Å². The molecule has 0 atom stereocenters. The molecular weight excluding hydrogens is 266 g/mol. The van der Waals surface area contributed by atoms with Gasteiger partial charge in [-0.3, -0.25) is 4.57 Å². The van der Waals surface area contributed by atoms with Gasteiger partial charge in [-0.25, -0.2) is 4.98 Å². The van der Waals surface area contributed by atoms with Gasteiger partial charge in [-0.05, 0) is 45.0 Å². The molecule has 5 nitrogen and oxygen atoms in total.